The van der Waals surface area contributed by atoms with Gasteiger partial charge in [0.05, 0.1) is 59.9 Å². The zero-order chi connectivity index (χ0) is 37.6. The molecule has 15 nitrogen and oxygen atoms in total. The SMILES string of the molecule is CPC.Cn1ncc2cc(Nc3ncc(Cl)c(Nc4ccccc4Oc4ccccc4Nc4nc(Nc5cnc6c(cnn6C)c5)ncc4Cl)n3)cnc21. The fourth-order valence-corrected chi connectivity index (χ4v) is 5.48. The fraction of sp³-hybridized carbons (Fsp3) is 0.111. The molecule has 4 N–H and O–H groups in total. The van der Waals surface area contributed by atoms with E-state index in [1.54, 1.807) is 34.2 Å². The monoisotopic (exact) mass is 778 g/mol. The molecule has 0 aliphatic heterocycles. The fourth-order valence-electron chi connectivity index (χ4n) is 5.20. The molecular weight excluding hydrogens is 746 g/mol. The summed E-state index contributed by atoms with van der Waals surface area (Å²) in [4.78, 5) is 26.8. The summed E-state index contributed by atoms with van der Waals surface area (Å²) in [7, 11) is 4.76. The van der Waals surface area contributed by atoms with Crippen LogP contribution in [0.1, 0.15) is 0 Å². The third-order valence-corrected chi connectivity index (χ3v) is 8.20. The number of hydrogen-bond donors (Lipinski definition) is 4. The number of hydrogen-bond acceptors (Lipinski definition) is 13. The van der Waals surface area contributed by atoms with Crippen LogP contribution >= 0.6 is 31.8 Å². The van der Waals surface area contributed by atoms with Crippen molar-refractivity contribution in [3.8, 4) is 11.5 Å². The van der Waals surface area contributed by atoms with Gasteiger partial charge in [-0.3, -0.25) is 9.36 Å². The Morgan fingerprint density at radius 3 is 1.44 bits per heavy atom. The predicted molar refractivity (Wildman–Crippen MR) is 217 cm³/mol. The van der Waals surface area contributed by atoms with Gasteiger partial charge in [0.15, 0.2) is 34.4 Å². The lowest BCUT2D eigenvalue weighted by atomic mass is 10.2. The summed E-state index contributed by atoms with van der Waals surface area (Å²) in [6.45, 7) is 4.31. The summed E-state index contributed by atoms with van der Waals surface area (Å²) in [5, 5.41) is 23.8. The van der Waals surface area contributed by atoms with Crippen molar-refractivity contribution in [3.63, 3.8) is 0 Å². The molecule has 0 bridgehead atoms. The number of pyridine rings is 2. The Labute approximate surface area is 321 Å². The second-order valence-corrected chi connectivity index (χ2v) is 13.5. The highest BCUT2D eigenvalue weighted by molar-refractivity contribution is 7.35. The maximum absolute atomic E-state index is 6.54. The van der Waals surface area contributed by atoms with E-state index in [-0.39, 0.29) is 0 Å². The highest BCUT2D eigenvalue weighted by Gasteiger charge is 2.15. The lowest BCUT2D eigenvalue weighted by molar-refractivity contribution is 0.487. The molecule has 0 atom stereocenters. The van der Waals surface area contributed by atoms with Gasteiger partial charge < -0.3 is 26.0 Å². The van der Waals surface area contributed by atoms with E-state index in [1.807, 2.05) is 74.8 Å². The molecule has 8 aromatic rings. The molecule has 54 heavy (non-hydrogen) atoms. The van der Waals surface area contributed by atoms with Gasteiger partial charge in [-0.05, 0) is 49.7 Å². The van der Waals surface area contributed by atoms with Crippen LogP contribution in [0.15, 0.2) is 97.8 Å². The molecular formula is C36H33Cl2N14OP. The quantitative estimate of drug-likeness (QED) is 0.0972. The van der Waals surface area contributed by atoms with Crippen LogP contribution in [0, 0.1) is 0 Å². The summed E-state index contributed by atoms with van der Waals surface area (Å²) in [6, 6.07) is 18.7. The first-order valence-corrected chi connectivity index (χ1v) is 19.2. The van der Waals surface area contributed by atoms with E-state index < -0.39 is 0 Å². The minimum absolute atomic E-state index is 0.317. The van der Waals surface area contributed by atoms with Crippen molar-refractivity contribution >= 4 is 100 Å². The van der Waals surface area contributed by atoms with Crippen LogP contribution < -0.4 is 26.0 Å². The van der Waals surface area contributed by atoms with Crippen LogP contribution in [0.4, 0.5) is 46.3 Å². The van der Waals surface area contributed by atoms with Crippen molar-refractivity contribution in [2.45, 2.75) is 0 Å². The Morgan fingerprint density at radius 2 is 1.00 bits per heavy atom. The van der Waals surface area contributed by atoms with Crippen LogP contribution in [0.3, 0.4) is 0 Å². The van der Waals surface area contributed by atoms with E-state index >= 15 is 0 Å². The lowest BCUT2D eigenvalue weighted by Crippen LogP contribution is -2.04. The number of halogens is 2. The molecule has 0 aliphatic rings. The highest BCUT2D eigenvalue weighted by Crippen LogP contribution is 2.38. The van der Waals surface area contributed by atoms with Crippen molar-refractivity contribution in [1.82, 2.24) is 49.5 Å². The molecule has 8 rings (SSSR count). The zero-order valence-corrected chi connectivity index (χ0v) is 31.9. The first-order valence-electron chi connectivity index (χ1n) is 16.4. The second kappa shape index (κ2) is 16.3. The molecule has 6 aromatic heterocycles. The molecule has 0 saturated heterocycles. The summed E-state index contributed by atoms with van der Waals surface area (Å²) < 4.78 is 9.85. The van der Waals surface area contributed by atoms with Crippen molar-refractivity contribution in [2.75, 3.05) is 34.6 Å². The Morgan fingerprint density at radius 1 is 0.574 bits per heavy atom. The standard InChI is InChI=1S/C34H26Cl2N14O.C2H7P/c1-49-31-19(13-41-49)11-21(15-37-31)43-33-39-17-23(35)29(47-33)45-25-7-3-5-9-27(25)51-28-10-6-4-8-26(28)46-30-24(36)18-40-34(48-30)44-22-12-20-14-42-50(2)32(20)38-16-22;1-3-2/h3-18H,1-2H3,(H2,39,43,45,47)(H2,40,44,46,48);3H,1-2H3. The predicted octanol–water partition coefficient (Wildman–Crippen LogP) is 8.83. The molecule has 0 spiro atoms. The van der Waals surface area contributed by atoms with Crippen LogP contribution in [-0.2, 0) is 14.1 Å². The van der Waals surface area contributed by atoms with Gasteiger partial charge in [-0.25, -0.2) is 19.9 Å². The first-order chi connectivity index (χ1) is 26.3. The molecule has 0 aliphatic carbocycles. The van der Waals surface area contributed by atoms with Crippen LogP contribution in [0.25, 0.3) is 22.1 Å². The van der Waals surface area contributed by atoms with Crippen molar-refractivity contribution in [3.05, 3.63) is 108 Å². The van der Waals surface area contributed by atoms with E-state index in [1.165, 1.54) is 12.4 Å². The van der Waals surface area contributed by atoms with Gasteiger partial charge in [-0.1, -0.05) is 47.5 Å². The molecule has 18 heteroatoms. The average molecular weight is 780 g/mol. The largest absolute Gasteiger partial charge is 0.453 e. The van der Waals surface area contributed by atoms with Gasteiger partial charge in [0.25, 0.3) is 0 Å². The molecule has 6 heterocycles. The number of nitrogens with zero attached hydrogens (tertiary/aromatic N) is 10. The molecule has 0 fully saturated rings. The second-order valence-electron chi connectivity index (χ2n) is 11.7. The smallest absolute Gasteiger partial charge is 0.229 e. The van der Waals surface area contributed by atoms with E-state index in [2.05, 4.69) is 74.7 Å². The molecule has 0 radical (unpaired) electrons. The number of para-hydroxylation sites is 4. The van der Waals surface area contributed by atoms with Gasteiger partial charge in [0.2, 0.25) is 11.9 Å². The van der Waals surface area contributed by atoms with Gasteiger partial charge in [0, 0.05) is 24.9 Å². The maximum atomic E-state index is 6.54. The van der Waals surface area contributed by atoms with E-state index in [4.69, 9.17) is 27.9 Å². The first kappa shape index (κ1) is 36.2. The summed E-state index contributed by atoms with van der Waals surface area (Å²) in [5.74, 6) is 2.41. The van der Waals surface area contributed by atoms with Crippen LogP contribution in [0.5, 0.6) is 11.5 Å². The summed E-state index contributed by atoms with van der Waals surface area (Å²) >= 11 is 13.1. The average Bonchev–Trinajstić information content (AvgIpc) is 3.73. The number of nitrogens with one attached hydrogen (secondary N) is 4. The number of aromatic nitrogens is 10. The van der Waals surface area contributed by atoms with Crippen LogP contribution in [0.2, 0.25) is 10.0 Å². The van der Waals surface area contributed by atoms with E-state index in [0.717, 1.165) is 30.6 Å². The number of ether oxygens (including phenoxy) is 1. The highest BCUT2D eigenvalue weighted by atomic mass is 35.5. The van der Waals surface area contributed by atoms with Gasteiger partial charge in [0.1, 0.15) is 10.0 Å². The van der Waals surface area contributed by atoms with Gasteiger partial charge in [-0.2, -0.15) is 20.2 Å². The Hall–Kier alpha value is -6.15. The number of aryl methyl sites for hydroxylation is 2. The minimum atomic E-state index is 0.317. The van der Waals surface area contributed by atoms with Crippen molar-refractivity contribution in [1.29, 1.82) is 0 Å². The van der Waals surface area contributed by atoms with Crippen LogP contribution in [-0.4, -0.2) is 62.8 Å². The number of fused-ring (bicyclic) bond motifs is 2. The number of rotatable bonds is 10. The zero-order valence-electron chi connectivity index (χ0n) is 29.4. The Bertz CT molecular complexity index is 2410. The Kier molecular flexibility index (Phi) is 10.9. The number of benzene rings is 2. The van der Waals surface area contributed by atoms with Crippen molar-refractivity contribution < 1.29 is 4.74 Å². The molecule has 0 amide bonds. The Balaban J connectivity index is 0.00000145. The molecule has 0 saturated carbocycles. The summed E-state index contributed by atoms with van der Waals surface area (Å²) in [5.41, 5.74) is 4.16. The third kappa shape index (κ3) is 8.23. The summed E-state index contributed by atoms with van der Waals surface area (Å²) in [6.07, 6.45) is 9.90. The van der Waals surface area contributed by atoms with Gasteiger partial charge in [-0.15, -0.1) is 8.58 Å². The topological polar surface area (TPSA) is 170 Å². The van der Waals surface area contributed by atoms with E-state index in [9.17, 15) is 0 Å². The minimum Gasteiger partial charge on any atom is -0.453 e. The van der Waals surface area contributed by atoms with E-state index in [0.29, 0.717) is 67.8 Å². The number of anilines is 8. The maximum Gasteiger partial charge on any atom is 0.229 e. The molecule has 2 aromatic carbocycles. The lowest BCUT2D eigenvalue weighted by Gasteiger charge is -2.17. The molecule has 272 valence electrons. The normalized spacial score (nSPS) is 10.9. The van der Waals surface area contributed by atoms with Crippen molar-refractivity contribution in [2.24, 2.45) is 14.1 Å². The van der Waals surface area contributed by atoms with Gasteiger partial charge >= 0.3 is 0 Å². The third-order valence-electron chi connectivity index (χ3n) is 7.64. The molecule has 0 unspecified atom stereocenters.